The van der Waals surface area contributed by atoms with Gasteiger partial charge in [0.15, 0.2) is 5.96 Å². The van der Waals surface area contributed by atoms with E-state index in [1.54, 1.807) is 0 Å². The number of aliphatic imine (C=N–C) groups is 1. The molecule has 2 heterocycles. The van der Waals surface area contributed by atoms with Crippen LogP contribution in [-0.4, -0.2) is 48.6 Å². The largest absolute Gasteiger partial charge is 0.371 e. The van der Waals surface area contributed by atoms with E-state index in [0.717, 1.165) is 19.6 Å². The first-order valence-corrected chi connectivity index (χ1v) is 7.92. The Morgan fingerprint density at radius 1 is 1.27 bits per heavy atom. The number of hydrogen-bond donors (Lipinski definition) is 1. The van der Waals surface area contributed by atoms with Crippen LogP contribution in [0.1, 0.15) is 25.7 Å². The Kier molecular flexibility index (Phi) is 6.28. The van der Waals surface area contributed by atoms with E-state index in [1.165, 1.54) is 31.4 Å². The third-order valence-corrected chi connectivity index (χ3v) is 4.61. The lowest BCUT2D eigenvalue weighted by Gasteiger charge is -2.33. The SMILES string of the molecule is CN(C(N)=NCC1CCN(c2ccncc2)CC1)C1CC1.I. The maximum atomic E-state index is 6.05. The van der Waals surface area contributed by atoms with Crippen molar-refractivity contribution < 1.29 is 0 Å². The van der Waals surface area contributed by atoms with E-state index in [-0.39, 0.29) is 24.0 Å². The summed E-state index contributed by atoms with van der Waals surface area (Å²) >= 11 is 0. The zero-order chi connectivity index (χ0) is 14.7. The Labute approximate surface area is 150 Å². The van der Waals surface area contributed by atoms with Crippen LogP contribution in [0, 0.1) is 5.92 Å². The molecule has 1 saturated heterocycles. The number of anilines is 1. The van der Waals surface area contributed by atoms with Crippen molar-refractivity contribution in [1.82, 2.24) is 9.88 Å². The number of nitrogens with zero attached hydrogens (tertiary/aromatic N) is 4. The first-order chi connectivity index (χ1) is 10.2. The molecule has 3 rings (SSSR count). The van der Waals surface area contributed by atoms with Crippen molar-refractivity contribution in [1.29, 1.82) is 0 Å². The molecule has 0 aromatic carbocycles. The van der Waals surface area contributed by atoms with Gasteiger partial charge in [0, 0.05) is 50.8 Å². The van der Waals surface area contributed by atoms with Crippen LogP contribution >= 0.6 is 24.0 Å². The molecular weight excluding hydrogens is 389 g/mol. The molecule has 2 fully saturated rings. The van der Waals surface area contributed by atoms with Crippen molar-refractivity contribution in [2.24, 2.45) is 16.6 Å². The highest BCUT2D eigenvalue weighted by molar-refractivity contribution is 14.0. The van der Waals surface area contributed by atoms with Crippen LogP contribution in [0.4, 0.5) is 5.69 Å². The summed E-state index contributed by atoms with van der Waals surface area (Å²) in [5, 5.41) is 0. The Bertz CT molecular complexity index is 481. The lowest BCUT2D eigenvalue weighted by molar-refractivity contribution is 0.410. The summed E-state index contributed by atoms with van der Waals surface area (Å²) in [5.41, 5.74) is 7.33. The standard InChI is InChI=1S/C16H25N5.HI/c1-20(14-2-3-14)16(17)19-12-13-6-10-21(11-7-13)15-4-8-18-9-5-15;/h4-5,8-9,13-14H,2-3,6-7,10-12H2,1H3,(H2,17,19);1H. The number of halogens is 1. The van der Waals surface area contributed by atoms with Crippen LogP contribution in [-0.2, 0) is 0 Å². The van der Waals surface area contributed by atoms with Crippen LogP contribution in [0.15, 0.2) is 29.5 Å². The molecule has 6 heteroatoms. The van der Waals surface area contributed by atoms with Gasteiger partial charge in [0.05, 0.1) is 0 Å². The minimum Gasteiger partial charge on any atom is -0.371 e. The van der Waals surface area contributed by atoms with Crippen molar-refractivity contribution >= 4 is 35.6 Å². The van der Waals surface area contributed by atoms with Crippen LogP contribution in [0.25, 0.3) is 0 Å². The van der Waals surface area contributed by atoms with E-state index in [2.05, 4.69) is 39.0 Å². The molecule has 0 bridgehead atoms. The molecule has 1 aromatic rings. The van der Waals surface area contributed by atoms with Gasteiger partial charge in [-0.1, -0.05) is 0 Å². The van der Waals surface area contributed by atoms with E-state index in [4.69, 9.17) is 5.73 Å². The zero-order valence-electron chi connectivity index (χ0n) is 13.2. The molecule has 0 amide bonds. The van der Waals surface area contributed by atoms with Gasteiger partial charge >= 0.3 is 0 Å². The number of aromatic nitrogens is 1. The number of pyridine rings is 1. The predicted molar refractivity (Wildman–Crippen MR) is 102 cm³/mol. The van der Waals surface area contributed by atoms with Gasteiger partial charge in [0.1, 0.15) is 0 Å². The average Bonchev–Trinajstić information content (AvgIpc) is 3.38. The van der Waals surface area contributed by atoms with E-state index in [0.29, 0.717) is 17.9 Å². The fourth-order valence-corrected chi connectivity index (χ4v) is 2.91. The van der Waals surface area contributed by atoms with Crippen molar-refractivity contribution in [3.8, 4) is 0 Å². The zero-order valence-corrected chi connectivity index (χ0v) is 15.5. The first-order valence-electron chi connectivity index (χ1n) is 7.92. The highest BCUT2D eigenvalue weighted by Gasteiger charge is 2.27. The van der Waals surface area contributed by atoms with Gasteiger partial charge in [0.25, 0.3) is 0 Å². The highest BCUT2D eigenvalue weighted by atomic mass is 127. The van der Waals surface area contributed by atoms with Gasteiger partial charge in [-0.15, -0.1) is 24.0 Å². The molecule has 0 unspecified atom stereocenters. The fourth-order valence-electron chi connectivity index (χ4n) is 2.91. The maximum absolute atomic E-state index is 6.05. The van der Waals surface area contributed by atoms with Crippen LogP contribution in [0.5, 0.6) is 0 Å². The van der Waals surface area contributed by atoms with E-state index in [1.807, 2.05) is 12.4 Å². The molecule has 2 aliphatic rings. The van der Waals surface area contributed by atoms with Gasteiger partial charge in [-0.3, -0.25) is 9.98 Å². The van der Waals surface area contributed by atoms with Crippen molar-refractivity contribution in [3.63, 3.8) is 0 Å². The lowest BCUT2D eigenvalue weighted by atomic mass is 9.97. The summed E-state index contributed by atoms with van der Waals surface area (Å²) in [4.78, 5) is 13.2. The molecule has 1 aliphatic carbocycles. The number of rotatable bonds is 4. The van der Waals surface area contributed by atoms with Gasteiger partial charge in [0.2, 0.25) is 0 Å². The number of piperidine rings is 1. The van der Waals surface area contributed by atoms with Crippen LogP contribution < -0.4 is 10.6 Å². The monoisotopic (exact) mass is 415 g/mol. The second kappa shape index (κ2) is 7.99. The highest BCUT2D eigenvalue weighted by Crippen LogP contribution is 2.25. The second-order valence-electron chi connectivity index (χ2n) is 6.18. The average molecular weight is 415 g/mol. The minimum atomic E-state index is 0. The molecule has 1 saturated carbocycles. The van der Waals surface area contributed by atoms with E-state index in [9.17, 15) is 0 Å². The Morgan fingerprint density at radius 3 is 2.50 bits per heavy atom. The Hall–Kier alpha value is -1.05. The minimum absolute atomic E-state index is 0. The summed E-state index contributed by atoms with van der Waals surface area (Å²) in [6.45, 7) is 3.07. The summed E-state index contributed by atoms with van der Waals surface area (Å²) in [7, 11) is 2.06. The first kappa shape index (κ1) is 17.3. The third kappa shape index (κ3) is 4.47. The molecule has 0 radical (unpaired) electrons. The molecular formula is C16H26IN5. The van der Waals surface area contributed by atoms with Gasteiger partial charge in [-0.2, -0.15) is 0 Å². The number of guanidine groups is 1. The molecule has 2 N–H and O–H groups in total. The maximum Gasteiger partial charge on any atom is 0.191 e. The number of hydrogen-bond acceptors (Lipinski definition) is 3. The quantitative estimate of drug-likeness (QED) is 0.466. The normalized spacial score (nSPS) is 19.7. The molecule has 0 spiro atoms. The molecule has 5 nitrogen and oxygen atoms in total. The topological polar surface area (TPSA) is 57.8 Å². The molecule has 1 aliphatic heterocycles. The van der Waals surface area contributed by atoms with Crippen LogP contribution in [0.2, 0.25) is 0 Å². The Morgan fingerprint density at radius 2 is 1.91 bits per heavy atom. The second-order valence-corrected chi connectivity index (χ2v) is 6.18. The van der Waals surface area contributed by atoms with Gasteiger partial charge in [-0.05, 0) is 43.7 Å². The molecule has 22 heavy (non-hydrogen) atoms. The predicted octanol–water partition coefficient (Wildman–Crippen LogP) is 2.32. The van der Waals surface area contributed by atoms with Crippen molar-refractivity contribution in [2.45, 2.75) is 31.7 Å². The molecule has 1 aromatic heterocycles. The van der Waals surface area contributed by atoms with Gasteiger partial charge in [-0.25, -0.2) is 0 Å². The third-order valence-electron chi connectivity index (χ3n) is 4.61. The lowest BCUT2D eigenvalue weighted by Crippen LogP contribution is -2.37. The summed E-state index contributed by atoms with van der Waals surface area (Å²) in [6, 6.07) is 4.81. The van der Waals surface area contributed by atoms with Crippen molar-refractivity contribution in [3.05, 3.63) is 24.5 Å². The summed E-state index contributed by atoms with van der Waals surface area (Å²) in [5.74, 6) is 1.38. The van der Waals surface area contributed by atoms with E-state index < -0.39 is 0 Å². The molecule has 122 valence electrons. The van der Waals surface area contributed by atoms with Crippen molar-refractivity contribution in [2.75, 3.05) is 31.6 Å². The Balaban J connectivity index is 0.00000176. The smallest absolute Gasteiger partial charge is 0.191 e. The fraction of sp³-hybridized carbons (Fsp3) is 0.625. The van der Waals surface area contributed by atoms with Gasteiger partial charge < -0.3 is 15.5 Å². The molecule has 0 atom stereocenters. The van der Waals surface area contributed by atoms with E-state index >= 15 is 0 Å². The van der Waals surface area contributed by atoms with Crippen LogP contribution in [0.3, 0.4) is 0 Å². The number of nitrogens with two attached hydrogens (primary N) is 1. The summed E-state index contributed by atoms with van der Waals surface area (Å²) < 4.78 is 0. The summed E-state index contributed by atoms with van der Waals surface area (Å²) in [6.07, 6.45) is 8.62.